The van der Waals surface area contributed by atoms with Gasteiger partial charge in [-0.2, -0.15) is 8.42 Å². The van der Waals surface area contributed by atoms with Crippen LogP contribution >= 0.6 is 0 Å². The number of nitrogens with two attached hydrogens (primary N) is 2. The smallest absolute Gasteiger partial charge is 0.285 e. The molecule has 8 nitrogen and oxygen atoms in total. The summed E-state index contributed by atoms with van der Waals surface area (Å²) in [6.07, 6.45) is 0. The molecule has 1 aliphatic rings. The Hall–Kier alpha value is -3.20. The van der Waals surface area contributed by atoms with Gasteiger partial charge in [-0.25, -0.2) is 4.99 Å². The summed E-state index contributed by atoms with van der Waals surface area (Å²) in [4.78, 5) is 15.9. The number of hydrogen-bond acceptors (Lipinski definition) is 4. The first kappa shape index (κ1) is 16.7. The average Bonchev–Trinajstić information content (AvgIpc) is 2.87. The van der Waals surface area contributed by atoms with Crippen molar-refractivity contribution in [3.05, 3.63) is 59.1 Å². The fourth-order valence-electron chi connectivity index (χ4n) is 2.42. The SMILES string of the molecule is NC(N)=NS(=O)(=O)c1ccc(NCC2=c3ccccc3=NC2=O)cc1. The van der Waals surface area contributed by atoms with Gasteiger partial charge in [0.1, 0.15) is 0 Å². The summed E-state index contributed by atoms with van der Waals surface area (Å²) in [5, 5.41) is 4.53. The van der Waals surface area contributed by atoms with Gasteiger partial charge in [0, 0.05) is 23.0 Å². The quantitative estimate of drug-likeness (QED) is 0.466. The number of carbonyl (C=O) groups is 1. The van der Waals surface area contributed by atoms with Crippen LogP contribution in [0.2, 0.25) is 0 Å². The lowest BCUT2D eigenvalue weighted by Crippen LogP contribution is -2.24. The maximum atomic E-state index is 12.0. The number of carbonyl (C=O) groups excluding carboxylic acids is 1. The molecule has 2 aromatic rings. The third-order valence-electron chi connectivity index (χ3n) is 3.56. The Morgan fingerprint density at radius 2 is 1.76 bits per heavy atom. The number of guanidine groups is 1. The molecular weight excluding hydrogens is 342 g/mol. The number of benzene rings is 2. The Labute approximate surface area is 143 Å². The highest BCUT2D eigenvalue weighted by atomic mass is 32.2. The summed E-state index contributed by atoms with van der Waals surface area (Å²) in [5.74, 6) is -0.804. The number of nitrogens with one attached hydrogen (secondary N) is 1. The van der Waals surface area contributed by atoms with Crippen LogP contribution < -0.4 is 27.4 Å². The Morgan fingerprint density at radius 3 is 2.44 bits per heavy atom. The van der Waals surface area contributed by atoms with E-state index in [0.29, 0.717) is 16.6 Å². The van der Waals surface area contributed by atoms with Crippen LogP contribution in [0, 0.1) is 0 Å². The van der Waals surface area contributed by atoms with E-state index in [1.807, 2.05) is 18.2 Å². The van der Waals surface area contributed by atoms with Crippen molar-refractivity contribution in [1.29, 1.82) is 0 Å². The zero-order valence-electron chi connectivity index (χ0n) is 13.0. The molecular formula is C16H15N5O3S. The van der Waals surface area contributed by atoms with Gasteiger partial charge in [0.05, 0.1) is 10.3 Å². The number of rotatable bonds is 5. The van der Waals surface area contributed by atoms with Gasteiger partial charge in [-0.15, -0.1) is 4.40 Å². The zero-order chi connectivity index (χ0) is 18.0. The summed E-state index contributed by atoms with van der Waals surface area (Å²) < 4.78 is 27.0. The molecule has 0 atom stereocenters. The standard InChI is InChI=1S/C16H15N5O3S/c17-16(18)21-25(23,24)11-7-5-10(6-8-11)19-9-13-12-3-1-2-4-14(12)20-15(13)22/h1-8,19H,9H2,(H4,17,18,21). The Kier molecular flexibility index (Phi) is 4.24. The number of fused-ring (bicyclic) bond motifs is 1. The number of hydrogen-bond donors (Lipinski definition) is 3. The second-order valence-electron chi connectivity index (χ2n) is 5.28. The van der Waals surface area contributed by atoms with E-state index < -0.39 is 16.0 Å². The largest absolute Gasteiger partial charge is 0.381 e. The van der Waals surface area contributed by atoms with Crippen molar-refractivity contribution < 1.29 is 13.2 Å². The summed E-state index contributed by atoms with van der Waals surface area (Å²) in [7, 11) is -3.92. The normalized spacial score (nSPS) is 13.1. The lowest BCUT2D eigenvalue weighted by molar-refractivity contribution is -0.112. The van der Waals surface area contributed by atoms with Crippen molar-refractivity contribution >= 4 is 33.2 Å². The number of para-hydroxylation sites is 1. The van der Waals surface area contributed by atoms with E-state index in [0.717, 1.165) is 5.22 Å². The van der Waals surface area contributed by atoms with E-state index in [9.17, 15) is 13.2 Å². The lowest BCUT2D eigenvalue weighted by Gasteiger charge is -2.07. The molecule has 0 saturated heterocycles. The summed E-state index contributed by atoms with van der Waals surface area (Å²) in [5.41, 5.74) is 11.4. The molecule has 0 spiro atoms. The molecule has 0 unspecified atom stereocenters. The van der Waals surface area contributed by atoms with Gasteiger partial charge in [-0.3, -0.25) is 4.79 Å². The minimum absolute atomic E-state index is 0.0311. The van der Waals surface area contributed by atoms with Crippen LogP contribution in [0.15, 0.2) is 62.8 Å². The van der Waals surface area contributed by atoms with Crippen LogP contribution in [0.3, 0.4) is 0 Å². The summed E-state index contributed by atoms with van der Waals surface area (Å²) in [6, 6.07) is 13.2. The second kappa shape index (κ2) is 6.36. The van der Waals surface area contributed by atoms with Crippen LogP contribution in [0.1, 0.15) is 0 Å². The highest BCUT2D eigenvalue weighted by Gasteiger charge is 2.16. The maximum absolute atomic E-state index is 12.0. The van der Waals surface area contributed by atoms with E-state index >= 15 is 0 Å². The van der Waals surface area contributed by atoms with Gasteiger partial charge < -0.3 is 16.8 Å². The van der Waals surface area contributed by atoms with Crippen molar-refractivity contribution in [3.63, 3.8) is 0 Å². The first-order valence-corrected chi connectivity index (χ1v) is 8.72. The highest BCUT2D eigenvalue weighted by Crippen LogP contribution is 2.16. The third-order valence-corrected chi connectivity index (χ3v) is 4.88. The Balaban J connectivity index is 1.79. The molecule has 0 bridgehead atoms. The monoisotopic (exact) mass is 357 g/mol. The van der Waals surface area contributed by atoms with Crippen molar-refractivity contribution in [2.45, 2.75) is 4.90 Å². The highest BCUT2D eigenvalue weighted by molar-refractivity contribution is 7.90. The lowest BCUT2D eigenvalue weighted by atomic mass is 10.2. The fraction of sp³-hybridized carbons (Fsp3) is 0.0625. The molecule has 9 heteroatoms. The van der Waals surface area contributed by atoms with Crippen LogP contribution in [-0.2, 0) is 14.8 Å². The minimum atomic E-state index is -3.92. The topological polar surface area (TPSA) is 140 Å². The van der Waals surface area contributed by atoms with E-state index in [1.165, 1.54) is 12.1 Å². The molecule has 5 N–H and O–H groups in total. The van der Waals surface area contributed by atoms with Crippen LogP contribution in [0.4, 0.5) is 5.69 Å². The molecule has 0 saturated carbocycles. The van der Waals surface area contributed by atoms with E-state index in [4.69, 9.17) is 11.5 Å². The van der Waals surface area contributed by atoms with Crippen LogP contribution in [0.25, 0.3) is 5.57 Å². The van der Waals surface area contributed by atoms with Gasteiger partial charge in [-0.1, -0.05) is 18.2 Å². The first-order valence-electron chi connectivity index (χ1n) is 7.28. The first-order chi connectivity index (χ1) is 11.9. The maximum Gasteiger partial charge on any atom is 0.285 e. The van der Waals surface area contributed by atoms with Gasteiger partial charge in [0.15, 0.2) is 0 Å². The van der Waals surface area contributed by atoms with Crippen molar-refractivity contribution in [1.82, 2.24) is 0 Å². The summed E-state index contributed by atoms with van der Waals surface area (Å²) in [6.45, 7) is 0.277. The van der Waals surface area contributed by atoms with Crippen LogP contribution in [-0.4, -0.2) is 26.8 Å². The predicted molar refractivity (Wildman–Crippen MR) is 93.6 cm³/mol. The van der Waals surface area contributed by atoms with E-state index in [2.05, 4.69) is 14.7 Å². The van der Waals surface area contributed by atoms with E-state index in [1.54, 1.807) is 18.2 Å². The van der Waals surface area contributed by atoms with Crippen LogP contribution in [0.5, 0.6) is 0 Å². The predicted octanol–water partition coefficient (Wildman–Crippen LogP) is -0.929. The molecule has 0 radical (unpaired) electrons. The summed E-state index contributed by atoms with van der Waals surface area (Å²) >= 11 is 0. The fourth-order valence-corrected chi connectivity index (χ4v) is 3.28. The molecule has 1 heterocycles. The molecule has 0 fully saturated rings. The molecule has 128 valence electrons. The molecule has 3 rings (SSSR count). The number of anilines is 1. The average molecular weight is 357 g/mol. The van der Waals surface area contributed by atoms with Crippen molar-refractivity contribution in [2.24, 2.45) is 20.9 Å². The van der Waals surface area contributed by atoms with Gasteiger partial charge in [0.25, 0.3) is 15.9 Å². The number of amides is 1. The van der Waals surface area contributed by atoms with Gasteiger partial charge in [0.2, 0.25) is 5.96 Å². The molecule has 25 heavy (non-hydrogen) atoms. The van der Waals surface area contributed by atoms with E-state index in [-0.39, 0.29) is 17.3 Å². The van der Waals surface area contributed by atoms with Gasteiger partial charge >= 0.3 is 0 Å². The molecule has 2 aromatic carbocycles. The molecule has 0 aromatic heterocycles. The number of nitrogens with zero attached hydrogens (tertiary/aromatic N) is 2. The van der Waals surface area contributed by atoms with Gasteiger partial charge in [-0.05, 0) is 30.3 Å². The van der Waals surface area contributed by atoms with Crippen molar-refractivity contribution in [3.8, 4) is 0 Å². The molecule has 0 aliphatic carbocycles. The Bertz CT molecular complexity index is 1090. The zero-order valence-corrected chi connectivity index (χ0v) is 13.8. The molecule has 1 aliphatic heterocycles. The Morgan fingerprint density at radius 1 is 1.08 bits per heavy atom. The minimum Gasteiger partial charge on any atom is -0.381 e. The number of sulfonamides is 1. The second-order valence-corrected chi connectivity index (χ2v) is 6.89. The van der Waals surface area contributed by atoms with Crippen molar-refractivity contribution in [2.75, 3.05) is 11.9 Å². The molecule has 1 amide bonds. The third kappa shape index (κ3) is 3.50.